The van der Waals surface area contributed by atoms with Gasteiger partial charge in [0.1, 0.15) is 9.77 Å². The number of nitrogens with zero attached hydrogens (tertiary/aromatic N) is 1. The van der Waals surface area contributed by atoms with E-state index in [1.165, 1.54) is 23.6 Å². The number of hydrogen-bond acceptors (Lipinski definition) is 5. The number of aromatic nitrogens is 1. The number of carbonyl (C=O) groups excluding carboxylic acids is 2. The van der Waals surface area contributed by atoms with Gasteiger partial charge in [0.2, 0.25) is 0 Å². The second-order valence-corrected chi connectivity index (χ2v) is 8.77. The third kappa shape index (κ3) is 3.53. The summed E-state index contributed by atoms with van der Waals surface area (Å²) >= 11 is 0.901. The van der Waals surface area contributed by atoms with Crippen LogP contribution in [0, 0.1) is 0 Å². The first-order valence-electron chi connectivity index (χ1n) is 8.48. The molecule has 29 heavy (non-hydrogen) atoms. The molecule has 0 radical (unpaired) electrons. The van der Waals surface area contributed by atoms with E-state index in [2.05, 4.69) is 0 Å². The van der Waals surface area contributed by atoms with Gasteiger partial charge in [-0.05, 0) is 53.2 Å². The number of para-hydroxylation sites is 1. The van der Waals surface area contributed by atoms with Crippen LogP contribution in [0.15, 0.2) is 77.1 Å². The predicted octanol–water partition coefficient (Wildman–Crippen LogP) is 2.91. The van der Waals surface area contributed by atoms with Crippen molar-refractivity contribution in [2.24, 2.45) is 5.73 Å². The zero-order chi connectivity index (χ0) is 20.6. The van der Waals surface area contributed by atoms with Crippen LogP contribution in [-0.4, -0.2) is 24.8 Å². The first kappa shape index (κ1) is 18.9. The van der Waals surface area contributed by atoms with Crippen LogP contribution in [0.3, 0.4) is 0 Å². The Balaban J connectivity index is 1.58. The van der Waals surface area contributed by atoms with Crippen LogP contribution in [0.1, 0.15) is 20.0 Å². The summed E-state index contributed by atoms with van der Waals surface area (Å²) in [6, 6.07) is 17.6. The van der Waals surface area contributed by atoms with Crippen LogP contribution in [0.4, 0.5) is 0 Å². The molecule has 9 heteroatoms. The molecule has 0 unspecified atom stereocenters. The molecule has 0 bridgehead atoms. The second kappa shape index (κ2) is 7.19. The van der Waals surface area contributed by atoms with Crippen LogP contribution in [-0.2, 0) is 10.0 Å². The van der Waals surface area contributed by atoms with Gasteiger partial charge in [0.05, 0.1) is 5.52 Å². The van der Waals surface area contributed by atoms with Gasteiger partial charge >= 0.3 is 0 Å². The molecule has 0 saturated heterocycles. The van der Waals surface area contributed by atoms with Crippen molar-refractivity contribution in [3.05, 3.63) is 82.7 Å². The molecule has 4 aromatic rings. The third-order valence-corrected chi connectivity index (χ3v) is 6.81. The van der Waals surface area contributed by atoms with E-state index in [0.29, 0.717) is 0 Å². The standard InChI is InChI=1S/C20H15N3O4S2/c21-19(24)18-17(10-12-28-18)29(26,27)22-20(25)14-5-7-15(8-6-14)23-11-9-13-3-1-2-4-16(13)23/h1-12H,(H2,21,24)(H,22,25). The number of fused-ring (bicyclic) bond motifs is 1. The van der Waals surface area contributed by atoms with E-state index in [4.69, 9.17) is 5.73 Å². The number of nitrogens with two attached hydrogens (primary N) is 1. The smallest absolute Gasteiger partial charge is 0.265 e. The normalized spacial score (nSPS) is 11.4. The Morgan fingerprint density at radius 2 is 1.69 bits per heavy atom. The monoisotopic (exact) mass is 425 g/mol. The second-order valence-electron chi connectivity index (χ2n) is 6.20. The first-order valence-corrected chi connectivity index (χ1v) is 10.8. The van der Waals surface area contributed by atoms with E-state index < -0.39 is 21.8 Å². The number of hydrogen-bond donors (Lipinski definition) is 2. The summed E-state index contributed by atoms with van der Waals surface area (Å²) in [5.74, 6) is -1.66. The summed E-state index contributed by atoms with van der Waals surface area (Å²) in [6.07, 6.45) is 1.92. The Morgan fingerprint density at radius 3 is 2.41 bits per heavy atom. The molecule has 2 heterocycles. The van der Waals surface area contributed by atoms with Gasteiger partial charge in [-0.2, -0.15) is 0 Å². The van der Waals surface area contributed by atoms with E-state index in [9.17, 15) is 18.0 Å². The van der Waals surface area contributed by atoms with Crippen LogP contribution in [0.2, 0.25) is 0 Å². The minimum absolute atomic E-state index is 0.125. The lowest BCUT2D eigenvalue weighted by Gasteiger charge is -2.09. The fourth-order valence-electron chi connectivity index (χ4n) is 3.01. The maximum Gasteiger partial charge on any atom is 0.265 e. The Morgan fingerprint density at radius 1 is 0.966 bits per heavy atom. The molecule has 7 nitrogen and oxygen atoms in total. The third-order valence-electron chi connectivity index (χ3n) is 4.38. The van der Waals surface area contributed by atoms with Crippen LogP contribution >= 0.6 is 11.3 Å². The fraction of sp³-hybridized carbons (Fsp3) is 0. The summed E-state index contributed by atoms with van der Waals surface area (Å²) in [5, 5.41) is 2.51. The van der Waals surface area contributed by atoms with Gasteiger partial charge in [-0.3, -0.25) is 9.59 Å². The van der Waals surface area contributed by atoms with E-state index in [-0.39, 0.29) is 15.3 Å². The van der Waals surface area contributed by atoms with Gasteiger partial charge in [-0.1, -0.05) is 18.2 Å². The highest BCUT2D eigenvalue weighted by atomic mass is 32.2. The average Bonchev–Trinajstić information content (AvgIpc) is 3.35. The van der Waals surface area contributed by atoms with E-state index in [1.807, 2.05) is 45.8 Å². The van der Waals surface area contributed by atoms with Gasteiger partial charge in [0.15, 0.2) is 0 Å². The van der Waals surface area contributed by atoms with Gasteiger partial charge in [0, 0.05) is 17.4 Å². The lowest BCUT2D eigenvalue weighted by molar-refractivity contribution is 0.0976. The average molecular weight is 425 g/mol. The van der Waals surface area contributed by atoms with Crippen molar-refractivity contribution in [3.63, 3.8) is 0 Å². The van der Waals surface area contributed by atoms with Gasteiger partial charge < -0.3 is 10.3 Å². The quantitative estimate of drug-likeness (QED) is 0.512. The molecule has 0 aliphatic rings. The summed E-state index contributed by atoms with van der Waals surface area (Å²) in [4.78, 5) is 23.4. The number of thiophene rings is 1. The summed E-state index contributed by atoms with van der Waals surface area (Å²) < 4.78 is 28.9. The molecule has 3 N–H and O–H groups in total. The van der Waals surface area contributed by atoms with E-state index in [1.54, 1.807) is 12.1 Å². The number of benzene rings is 2. The minimum Gasteiger partial charge on any atom is -0.365 e. The molecular formula is C20H15N3O4S2. The van der Waals surface area contributed by atoms with Gasteiger partial charge in [0.25, 0.3) is 21.8 Å². The van der Waals surface area contributed by atoms with Crippen molar-refractivity contribution in [1.82, 2.24) is 9.29 Å². The Hall–Kier alpha value is -3.43. The number of nitrogens with one attached hydrogen (secondary N) is 1. The maximum atomic E-state index is 12.5. The van der Waals surface area contributed by atoms with Gasteiger partial charge in [-0.15, -0.1) is 11.3 Å². The molecule has 146 valence electrons. The fourth-order valence-corrected chi connectivity index (χ4v) is 5.27. The van der Waals surface area contributed by atoms with Crippen LogP contribution in [0.25, 0.3) is 16.6 Å². The van der Waals surface area contributed by atoms with Crippen molar-refractivity contribution in [3.8, 4) is 5.69 Å². The summed E-state index contributed by atoms with van der Waals surface area (Å²) in [5.41, 5.74) is 7.21. The lowest BCUT2D eigenvalue weighted by atomic mass is 10.2. The molecule has 0 fully saturated rings. The topological polar surface area (TPSA) is 111 Å². The number of sulfonamides is 1. The molecular weight excluding hydrogens is 410 g/mol. The van der Waals surface area contributed by atoms with Crippen molar-refractivity contribution in [1.29, 1.82) is 0 Å². The molecule has 0 aliphatic carbocycles. The maximum absolute atomic E-state index is 12.5. The van der Waals surface area contributed by atoms with Crippen LogP contribution in [0.5, 0.6) is 0 Å². The summed E-state index contributed by atoms with van der Waals surface area (Å²) in [6.45, 7) is 0. The molecule has 0 saturated carbocycles. The molecule has 4 rings (SSSR count). The highest BCUT2D eigenvalue weighted by Gasteiger charge is 2.25. The Labute approximate surface area is 170 Å². The largest absolute Gasteiger partial charge is 0.365 e. The summed E-state index contributed by atoms with van der Waals surface area (Å²) in [7, 11) is -4.22. The Bertz CT molecular complexity index is 1340. The number of carbonyl (C=O) groups is 2. The number of primary amides is 1. The zero-order valence-corrected chi connectivity index (χ0v) is 16.5. The molecule has 2 aromatic carbocycles. The molecule has 0 aliphatic heterocycles. The first-order chi connectivity index (χ1) is 13.9. The molecule has 2 aromatic heterocycles. The van der Waals surface area contributed by atoms with E-state index >= 15 is 0 Å². The molecule has 0 atom stereocenters. The SMILES string of the molecule is NC(=O)c1sccc1S(=O)(=O)NC(=O)c1ccc(-n2ccc3ccccc32)cc1. The minimum atomic E-state index is -4.22. The van der Waals surface area contributed by atoms with Crippen molar-refractivity contribution in [2.75, 3.05) is 0 Å². The Kier molecular flexibility index (Phi) is 4.69. The molecule has 0 spiro atoms. The van der Waals surface area contributed by atoms with E-state index in [0.717, 1.165) is 27.9 Å². The number of rotatable bonds is 5. The molecule has 2 amide bonds. The lowest BCUT2D eigenvalue weighted by Crippen LogP contribution is -2.31. The highest BCUT2D eigenvalue weighted by Crippen LogP contribution is 2.22. The predicted molar refractivity (Wildman–Crippen MR) is 111 cm³/mol. The number of amides is 2. The highest BCUT2D eigenvalue weighted by molar-refractivity contribution is 7.90. The zero-order valence-electron chi connectivity index (χ0n) is 14.9. The van der Waals surface area contributed by atoms with Gasteiger partial charge in [-0.25, -0.2) is 13.1 Å². The van der Waals surface area contributed by atoms with Crippen molar-refractivity contribution < 1.29 is 18.0 Å². The van der Waals surface area contributed by atoms with Crippen LogP contribution < -0.4 is 10.5 Å². The van der Waals surface area contributed by atoms with Crippen molar-refractivity contribution >= 4 is 44.1 Å². The van der Waals surface area contributed by atoms with Crippen molar-refractivity contribution in [2.45, 2.75) is 4.90 Å².